The summed E-state index contributed by atoms with van der Waals surface area (Å²) in [6, 6.07) is 0. The van der Waals surface area contributed by atoms with Crippen LogP contribution < -0.4 is 0 Å². The minimum atomic E-state index is 0.513. The molecule has 0 saturated heterocycles. The van der Waals surface area contributed by atoms with E-state index in [4.69, 9.17) is 11.6 Å². The number of hydrogen-bond acceptors (Lipinski definition) is 1. The largest absolute Gasteiger partial charge is 0.176 e. The molecular weight excluding hydrogens is 128 g/mol. The van der Waals surface area contributed by atoms with E-state index in [0.29, 0.717) is 5.25 Å². The van der Waals surface area contributed by atoms with Gasteiger partial charge in [0.2, 0.25) is 0 Å². The summed E-state index contributed by atoms with van der Waals surface area (Å²) in [5.74, 6) is 0.769. The third-order valence-corrected chi connectivity index (χ3v) is 1.28. The van der Waals surface area contributed by atoms with E-state index in [9.17, 15) is 0 Å². The number of hydrogen-bond donors (Lipinski definition) is 1. The lowest BCUT2D eigenvalue weighted by molar-refractivity contribution is 0.796. The quantitative estimate of drug-likeness (QED) is 0.449. The van der Waals surface area contributed by atoms with Gasteiger partial charge in [0, 0.05) is 5.88 Å². The maximum Gasteiger partial charge on any atom is 0.0223 e. The molecule has 0 rings (SSSR count). The van der Waals surface area contributed by atoms with Gasteiger partial charge in [-0.15, -0.1) is 11.6 Å². The van der Waals surface area contributed by atoms with E-state index >= 15 is 0 Å². The molecule has 0 radical (unpaired) electrons. The van der Waals surface area contributed by atoms with Gasteiger partial charge in [0.05, 0.1) is 0 Å². The van der Waals surface area contributed by atoms with Crippen LogP contribution in [0.15, 0.2) is 0 Å². The summed E-state index contributed by atoms with van der Waals surface area (Å²) in [5.41, 5.74) is 0. The Morgan fingerprint density at radius 1 is 1.71 bits per heavy atom. The zero-order valence-electron chi connectivity index (χ0n) is 4.52. The normalized spacial score (nSPS) is 14.1. The number of thiol groups is 1. The van der Waals surface area contributed by atoms with E-state index in [2.05, 4.69) is 19.6 Å². The third kappa shape index (κ3) is 6.64. The Bertz CT molecular complexity index is 37.1. The molecule has 1 atom stereocenters. The van der Waals surface area contributed by atoms with Crippen LogP contribution >= 0.6 is 24.2 Å². The molecule has 0 saturated carbocycles. The first-order valence-corrected chi connectivity index (χ1v) is 3.56. The Kier molecular flexibility index (Phi) is 5.23. The summed E-state index contributed by atoms with van der Waals surface area (Å²) < 4.78 is 0. The molecule has 0 aromatic heterocycles. The van der Waals surface area contributed by atoms with E-state index in [-0.39, 0.29) is 0 Å². The van der Waals surface area contributed by atoms with Crippen LogP contribution in [0.25, 0.3) is 0 Å². The molecule has 0 bridgehead atoms. The average molecular weight is 139 g/mol. The zero-order chi connectivity index (χ0) is 5.70. The Balaban J connectivity index is 2.68. The van der Waals surface area contributed by atoms with Crippen molar-refractivity contribution in [1.82, 2.24) is 0 Å². The van der Waals surface area contributed by atoms with Crippen molar-refractivity contribution < 1.29 is 0 Å². The summed E-state index contributed by atoms with van der Waals surface area (Å²) in [5, 5.41) is 0.513. The van der Waals surface area contributed by atoms with Crippen LogP contribution in [0.5, 0.6) is 0 Å². The monoisotopic (exact) mass is 138 g/mol. The predicted octanol–water partition coefficient (Wildman–Crippen LogP) is 2.32. The lowest BCUT2D eigenvalue weighted by Gasteiger charge is -1.97. The summed E-state index contributed by atoms with van der Waals surface area (Å²) in [7, 11) is 0. The highest BCUT2D eigenvalue weighted by Gasteiger charge is 1.90. The predicted molar refractivity (Wildman–Crippen MR) is 38.4 cm³/mol. The Labute approximate surface area is 55.7 Å². The average Bonchev–Trinajstić information content (AvgIpc) is 1.61. The molecule has 0 aromatic carbocycles. The van der Waals surface area contributed by atoms with Crippen molar-refractivity contribution >= 4 is 24.2 Å². The molecule has 0 amide bonds. The van der Waals surface area contributed by atoms with Gasteiger partial charge in [-0.05, 0) is 18.1 Å². The molecule has 0 heterocycles. The topological polar surface area (TPSA) is 0 Å². The lowest BCUT2D eigenvalue weighted by Crippen LogP contribution is -1.89. The number of rotatable bonds is 3. The summed E-state index contributed by atoms with van der Waals surface area (Å²) in [6.07, 6.45) is 2.22. The van der Waals surface area contributed by atoms with Crippen molar-refractivity contribution in [3.8, 4) is 0 Å². The van der Waals surface area contributed by atoms with Gasteiger partial charge in [0.1, 0.15) is 0 Å². The van der Waals surface area contributed by atoms with Gasteiger partial charge in [-0.3, -0.25) is 0 Å². The van der Waals surface area contributed by atoms with Crippen molar-refractivity contribution in [2.45, 2.75) is 25.0 Å². The van der Waals surface area contributed by atoms with Gasteiger partial charge >= 0.3 is 0 Å². The zero-order valence-corrected chi connectivity index (χ0v) is 6.17. The minimum absolute atomic E-state index is 0.513. The molecule has 0 aromatic rings. The minimum Gasteiger partial charge on any atom is -0.176 e. The first-order valence-electron chi connectivity index (χ1n) is 2.51. The van der Waals surface area contributed by atoms with Crippen LogP contribution in [-0.4, -0.2) is 11.1 Å². The Hall–Kier alpha value is 0.640. The molecule has 2 heteroatoms. The molecule has 1 unspecified atom stereocenters. The molecule has 0 aliphatic carbocycles. The van der Waals surface area contributed by atoms with Crippen molar-refractivity contribution in [3.05, 3.63) is 0 Å². The van der Waals surface area contributed by atoms with Crippen LogP contribution in [0, 0.1) is 0 Å². The first kappa shape index (κ1) is 7.64. The summed E-state index contributed by atoms with van der Waals surface area (Å²) in [6.45, 7) is 2.08. The summed E-state index contributed by atoms with van der Waals surface area (Å²) >= 11 is 9.59. The highest BCUT2D eigenvalue weighted by Crippen LogP contribution is 2.02. The Morgan fingerprint density at radius 2 is 2.29 bits per heavy atom. The molecular formula is C5H11ClS. The molecule has 0 nitrogen and oxygen atoms in total. The van der Waals surface area contributed by atoms with Crippen molar-refractivity contribution in [2.75, 3.05) is 5.88 Å². The van der Waals surface area contributed by atoms with Crippen LogP contribution in [0.1, 0.15) is 19.8 Å². The molecule has 7 heavy (non-hydrogen) atoms. The van der Waals surface area contributed by atoms with E-state index in [0.717, 1.165) is 18.7 Å². The molecule has 44 valence electrons. The fourth-order valence-corrected chi connectivity index (χ4v) is 0.709. The highest BCUT2D eigenvalue weighted by atomic mass is 35.5. The van der Waals surface area contributed by atoms with Crippen LogP contribution in [-0.2, 0) is 0 Å². The number of halogens is 1. The smallest absolute Gasteiger partial charge is 0.0223 e. The fraction of sp³-hybridized carbons (Fsp3) is 1.00. The van der Waals surface area contributed by atoms with E-state index in [1.807, 2.05) is 0 Å². The fourth-order valence-electron chi connectivity index (χ4n) is 0.373. The SMILES string of the molecule is CC(S)CCCCl. The standard InChI is InChI=1S/C5H11ClS/c1-5(7)3-2-4-6/h5,7H,2-4H2,1H3. The van der Waals surface area contributed by atoms with Gasteiger partial charge in [-0.25, -0.2) is 0 Å². The van der Waals surface area contributed by atoms with Crippen molar-refractivity contribution in [3.63, 3.8) is 0 Å². The Morgan fingerprint density at radius 3 is 2.43 bits per heavy atom. The van der Waals surface area contributed by atoms with Gasteiger partial charge in [0.25, 0.3) is 0 Å². The third-order valence-electron chi connectivity index (χ3n) is 0.756. The van der Waals surface area contributed by atoms with Gasteiger partial charge < -0.3 is 0 Å². The van der Waals surface area contributed by atoms with Gasteiger partial charge in [-0.1, -0.05) is 6.92 Å². The molecule has 0 spiro atoms. The second-order valence-corrected chi connectivity index (χ2v) is 2.94. The van der Waals surface area contributed by atoms with Crippen molar-refractivity contribution in [1.29, 1.82) is 0 Å². The van der Waals surface area contributed by atoms with Gasteiger partial charge in [0.15, 0.2) is 0 Å². The molecule has 0 N–H and O–H groups in total. The van der Waals surface area contributed by atoms with E-state index in [1.165, 1.54) is 0 Å². The van der Waals surface area contributed by atoms with E-state index in [1.54, 1.807) is 0 Å². The summed E-state index contributed by atoms with van der Waals surface area (Å²) in [4.78, 5) is 0. The second-order valence-electron chi connectivity index (χ2n) is 1.68. The highest BCUT2D eigenvalue weighted by molar-refractivity contribution is 7.80. The van der Waals surface area contributed by atoms with E-state index < -0.39 is 0 Å². The van der Waals surface area contributed by atoms with Crippen LogP contribution in [0.2, 0.25) is 0 Å². The molecule has 0 fully saturated rings. The maximum atomic E-state index is 5.41. The molecule has 0 aliphatic rings. The first-order chi connectivity index (χ1) is 3.27. The van der Waals surface area contributed by atoms with Gasteiger partial charge in [-0.2, -0.15) is 12.6 Å². The number of alkyl halides is 1. The van der Waals surface area contributed by atoms with Crippen LogP contribution in [0.3, 0.4) is 0 Å². The molecule has 0 aliphatic heterocycles. The van der Waals surface area contributed by atoms with Crippen LogP contribution in [0.4, 0.5) is 0 Å². The maximum absolute atomic E-state index is 5.41. The lowest BCUT2D eigenvalue weighted by atomic mass is 10.3. The second kappa shape index (κ2) is 4.79. The van der Waals surface area contributed by atoms with Crippen molar-refractivity contribution in [2.24, 2.45) is 0 Å².